The maximum Gasteiger partial charge on any atom is 0.340 e. The number of benzene rings is 1. The lowest BCUT2D eigenvalue weighted by atomic mass is 10.1. The Morgan fingerprint density at radius 2 is 2.18 bits per heavy atom. The van der Waals surface area contributed by atoms with Crippen LogP contribution in [0.5, 0.6) is 5.75 Å². The van der Waals surface area contributed by atoms with E-state index in [2.05, 4.69) is 0 Å². The molecule has 4 nitrogen and oxygen atoms in total. The van der Waals surface area contributed by atoms with Gasteiger partial charge in [0.25, 0.3) is 0 Å². The Labute approximate surface area is 97.0 Å². The zero-order valence-corrected chi connectivity index (χ0v) is 9.30. The predicted octanol–water partition coefficient (Wildman–Crippen LogP) is 2.42. The summed E-state index contributed by atoms with van der Waals surface area (Å²) in [5.74, 6) is -4.52. The largest absolute Gasteiger partial charge is 0.488 e. The number of rotatable bonds is 5. The van der Waals surface area contributed by atoms with Crippen molar-refractivity contribution < 1.29 is 23.4 Å². The molecule has 1 aromatic carbocycles. The van der Waals surface area contributed by atoms with Crippen LogP contribution < -0.4 is 10.5 Å². The molecule has 0 aliphatic carbocycles. The minimum atomic E-state index is -1.56. The highest BCUT2D eigenvalue weighted by Gasteiger charge is 2.23. The van der Waals surface area contributed by atoms with Gasteiger partial charge in [0.05, 0.1) is 12.3 Å². The first-order valence-electron chi connectivity index (χ1n) is 5.12. The number of carboxylic acids is 1. The van der Waals surface area contributed by atoms with E-state index in [-0.39, 0.29) is 6.61 Å². The Morgan fingerprint density at radius 3 is 2.71 bits per heavy atom. The van der Waals surface area contributed by atoms with Crippen molar-refractivity contribution in [2.45, 2.75) is 19.8 Å². The van der Waals surface area contributed by atoms with Crippen molar-refractivity contribution >= 4 is 11.7 Å². The van der Waals surface area contributed by atoms with E-state index in [0.29, 0.717) is 6.42 Å². The number of anilines is 1. The average molecular weight is 245 g/mol. The van der Waals surface area contributed by atoms with Crippen LogP contribution in [0.15, 0.2) is 6.07 Å². The second kappa shape index (κ2) is 5.47. The molecule has 0 amide bonds. The monoisotopic (exact) mass is 245 g/mol. The van der Waals surface area contributed by atoms with Gasteiger partial charge in [0, 0.05) is 6.07 Å². The molecule has 0 fully saturated rings. The smallest absolute Gasteiger partial charge is 0.340 e. The fourth-order valence-electron chi connectivity index (χ4n) is 1.29. The molecule has 0 spiro atoms. The van der Waals surface area contributed by atoms with Crippen LogP contribution in [0.4, 0.5) is 14.5 Å². The summed E-state index contributed by atoms with van der Waals surface area (Å²) < 4.78 is 31.9. The molecule has 0 bridgehead atoms. The third kappa shape index (κ3) is 2.83. The average Bonchev–Trinajstić information content (AvgIpc) is 2.21. The van der Waals surface area contributed by atoms with Crippen LogP contribution in [0.2, 0.25) is 0 Å². The summed E-state index contributed by atoms with van der Waals surface area (Å²) in [5.41, 5.74) is 4.00. The van der Waals surface area contributed by atoms with Gasteiger partial charge in [-0.15, -0.1) is 0 Å². The summed E-state index contributed by atoms with van der Waals surface area (Å²) in [6, 6.07) is 0.744. The van der Waals surface area contributed by atoms with E-state index in [9.17, 15) is 13.6 Å². The van der Waals surface area contributed by atoms with Crippen molar-refractivity contribution in [3.8, 4) is 5.75 Å². The molecular formula is C11H13F2NO3. The predicted molar refractivity (Wildman–Crippen MR) is 58.1 cm³/mol. The van der Waals surface area contributed by atoms with Gasteiger partial charge in [0.1, 0.15) is 5.56 Å². The second-order valence-electron chi connectivity index (χ2n) is 3.47. The third-order valence-electron chi connectivity index (χ3n) is 2.16. The number of hydrogen-bond donors (Lipinski definition) is 2. The SMILES string of the molecule is CCCCOc1c(F)cc(N)c(C(=O)O)c1F. The molecule has 0 aliphatic rings. The number of ether oxygens (including phenoxy) is 1. The maximum atomic E-state index is 13.6. The van der Waals surface area contributed by atoms with Crippen LogP contribution in [-0.2, 0) is 0 Å². The Kier molecular flexibility index (Phi) is 4.25. The lowest BCUT2D eigenvalue weighted by molar-refractivity contribution is 0.0691. The van der Waals surface area contributed by atoms with Gasteiger partial charge < -0.3 is 15.6 Å². The summed E-state index contributed by atoms with van der Waals surface area (Å²) in [6.45, 7) is 2.01. The topological polar surface area (TPSA) is 72.5 Å². The van der Waals surface area contributed by atoms with E-state index in [1.165, 1.54) is 0 Å². The molecule has 0 aliphatic heterocycles. The summed E-state index contributed by atoms with van der Waals surface area (Å²) in [4.78, 5) is 10.7. The van der Waals surface area contributed by atoms with Crippen molar-refractivity contribution in [3.05, 3.63) is 23.3 Å². The summed E-state index contributed by atoms with van der Waals surface area (Å²) >= 11 is 0. The summed E-state index contributed by atoms with van der Waals surface area (Å²) in [6.07, 6.45) is 1.41. The van der Waals surface area contributed by atoms with Crippen LogP contribution in [0, 0.1) is 11.6 Å². The minimum absolute atomic E-state index is 0.118. The highest BCUT2D eigenvalue weighted by Crippen LogP contribution is 2.29. The van der Waals surface area contributed by atoms with Gasteiger partial charge in [-0.1, -0.05) is 13.3 Å². The summed E-state index contributed by atoms with van der Waals surface area (Å²) in [7, 11) is 0. The number of unbranched alkanes of at least 4 members (excludes halogenated alkanes) is 1. The van der Waals surface area contributed by atoms with E-state index >= 15 is 0 Å². The highest BCUT2D eigenvalue weighted by molar-refractivity contribution is 5.94. The number of nitrogen functional groups attached to an aromatic ring is 1. The van der Waals surface area contributed by atoms with Crippen LogP contribution >= 0.6 is 0 Å². The first-order chi connectivity index (χ1) is 7.99. The van der Waals surface area contributed by atoms with Gasteiger partial charge in [0.2, 0.25) is 0 Å². The van der Waals surface area contributed by atoms with E-state index in [1.54, 1.807) is 0 Å². The highest BCUT2D eigenvalue weighted by atomic mass is 19.1. The first-order valence-corrected chi connectivity index (χ1v) is 5.12. The molecule has 0 heterocycles. The minimum Gasteiger partial charge on any atom is -0.488 e. The van der Waals surface area contributed by atoms with Gasteiger partial charge in [-0.05, 0) is 6.42 Å². The Balaban J connectivity index is 3.12. The number of carbonyl (C=O) groups is 1. The molecule has 3 N–H and O–H groups in total. The van der Waals surface area contributed by atoms with Crippen LogP contribution in [-0.4, -0.2) is 17.7 Å². The molecule has 94 valence electrons. The Hall–Kier alpha value is -1.85. The van der Waals surface area contributed by atoms with Gasteiger partial charge in [-0.3, -0.25) is 0 Å². The molecule has 0 atom stereocenters. The van der Waals surface area contributed by atoms with Crippen LogP contribution in [0.1, 0.15) is 30.1 Å². The first kappa shape index (κ1) is 13.2. The molecule has 6 heteroatoms. The number of nitrogens with two attached hydrogens (primary N) is 1. The second-order valence-corrected chi connectivity index (χ2v) is 3.47. The van der Waals surface area contributed by atoms with Crippen molar-refractivity contribution in [1.29, 1.82) is 0 Å². The van der Waals surface area contributed by atoms with Gasteiger partial charge >= 0.3 is 5.97 Å². The van der Waals surface area contributed by atoms with Crippen LogP contribution in [0.25, 0.3) is 0 Å². The maximum absolute atomic E-state index is 13.6. The quantitative estimate of drug-likeness (QED) is 0.617. The molecule has 0 aromatic heterocycles. The zero-order chi connectivity index (χ0) is 13.0. The van der Waals surface area contributed by atoms with E-state index < -0.39 is 34.6 Å². The fourth-order valence-corrected chi connectivity index (χ4v) is 1.29. The van der Waals surface area contributed by atoms with Crippen LogP contribution in [0.3, 0.4) is 0 Å². The number of aromatic carboxylic acids is 1. The Bertz CT molecular complexity index is 435. The molecule has 1 rings (SSSR count). The molecule has 1 aromatic rings. The fraction of sp³-hybridized carbons (Fsp3) is 0.364. The van der Waals surface area contributed by atoms with E-state index in [1.807, 2.05) is 6.92 Å². The van der Waals surface area contributed by atoms with E-state index in [0.717, 1.165) is 12.5 Å². The van der Waals surface area contributed by atoms with Crippen molar-refractivity contribution in [2.24, 2.45) is 0 Å². The van der Waals surface area contributed by atoms with Gasteiger partial charge in [0.15, 0.2) is 17.4 Å². The van der Waals surface area contributed by atoms with Crippen molar-refractivity contribution in [1.82, 2.24) is 0 Å². The molecule has 17 heavy (non-hydrogen) atoms. The van der Waals surface area contributed by atoms with Crippen molar-refractivity contribution in [2.75, 3.05) is 12.3 Å². The van der Waals surface area contributed by atoms with Gasteiger partial charge in [-0.2, -0.15) is 0 Å². The lowest BCUT2D eigenvalue weighted by Crippen LogP contribution is -2.10. The summed E-state index contributed by atoms with van der Waals surface area (Å²) in [5, 5.41) is 8.74. The van der Waals surface area contributed by atoms with Crippen molar-refractivity contribution in [3.63, 3.8) is 0 Å². The molecule has 0 unspecified atom stereocenters. The lowest BCUT2D eigenvalue weighted by Gasteiger charge is -2.11. The van der Waals surface area contributed by atoms with Gasteiger partial charge in [-0.25, -0.2) is 13.6 Å². The zero-order valence-electron chi connectivity index (χ0n) is 9.30. The molecule has 0 saturated carbocycles. The number of hydrogen-bond acceptors (Lipinski definition) is 3. The standard InChI is InChI=1S/C11H13F2NO3/c1-2-3-4-17-10-6(12)5-7(14)8(9(10)13)11(15)16/h5H,2-4,14H2,1H3,(H,15,16). The van der Waals surface area contributed by atoms with E-state index in [4.69, 9.17) is 15.6 Å². The molecule has 0 radical (unpaired) electrons. The number of carboxylic acid groups (broad SMARTS) is 1. The molecule has 0 saturated heterocycles. The normalized spacial score (nSPS) is 10.3. The Morgan fingerprint density at radius 1 is 1.53 bits per heavy atom. The number of halogens is 2. The molecular weight excluding hydrogens is 232 g/mol. The third-order valence-corrected chi connectivity index (χ3v) is 2.16.